The summed E-state index contributed by atoms with van der Waals surface area (Å²) in [4.78, 5) is 18.8. The van der Waals surface area contributed by atoms with Crippen LogP contribution < -0.4 is 5.32 Å². The van der Waals surface area contributed by atoms with Crippen LogP contribution >= 0.6 is 11.6 Å². The summed E-state index contributed by atoms with van der Waals surface area (Å²) >= 11 is 6.64. The Hall–Kier alpha value is -5.07. The first kappa shape index (κ1) is 46.5. The van der Waals surface area contributed by atoms with Gasteiger partial charge in [-0.2, -0.15) is 19.0 Å². The number of nitrogens with zero attached hydrogens (tertiary/aromatic N) is 5. The highest BCUT2D eigenvalue weighted by Crippen LogP contribution is 2.68. The van der Waals surface area contributed by atoms with Crippen LogP contribution in [0.15, 0.2) is 42.5 Å². The van der Waals surface area contributed by atoms with Crippen molar-refractivity contribution in [2.24, 2.45) is 5.92 Å². The molecule has 3 heterocycles. The van der Waals surface area contributed by atoms with Crippen molar-refractivity contribution in [3.05, 3.63) is 98.7 Å². The molecule has 1 amide bonds. The second-order valence-corrected chi connectivity index (χ2v) is 22.5. The van der Waals surface area contributed by atoms with Crippen LogP contribution in [-0.4, -0.2) is 69.5 Å². The molecule has 65 heavy (non-hydrogen) atoms. The SMILES string of the molecule is CCS(=O)(=O)Cc1nn(CC(F)F)c2c(-c3ccc(C#CC(C)(C)S(=O)(=O)C4CC4)nc3[C@H](Cc3cc(F)cc(F)c3)NC(=O)Cn3nc(C(F)F)c4c3C(F)(F)[C@@H]3C[C@H]43)ccc(Cl)c12. The minimum Gasteiger partial charge on any atom is -0.346 e. The Kier molecular flexibility index (Phi) is 11.9. The van der Waals surface area contributed by atoms with E-state index in [0.717, 1.165) is 16.8 Å². The first-order valence-electron chi connectivity index (χ1n) is 20.4. The standard InChI is InChI=1S/C43H39ClF8N6O5S2/c1-4-64(60,61)20-32-36-30(44)10-9-27(39(36)57(55-32)18-33(47)48)26-8-5-24(11-12-42(2,3)65(62,63)25-6-7-25)53-37(26)31(15-21-13-22(45)16-23(46)14-21)54-34(59)19-58-40-35(38(56-58)41(49)50)28-17-29(28)43(40,51)52/h5,8-10,13-14,16,25,28-29,31,33,41H,4,6-7,15,17-20H2,1-3H3,(H,54,59)/t28-,29+,31-/m0/s1. The molecule has 2 saturated carbocycles. The molecule has 0 saturated heterocycles. The predicted octanol–water partition coefficient (Wildman–Crippen LogP) is 8.38. The molecule has 3 aliphatic rings. The van der Waals surface area contributed by atoms with Crippen LogP contribution in [0.1, 0.15) is 98.0 Å². The highest BCUT2D eigenvalue weighted by atomic mass is 35.5. The average Bonchev–Trinajstić information content (AvgIpc) is 4.14. The Morgan fingerprint density at radius 2 is 1.65 bits per heavy atom. The van der Waals surface area contributed by atoms with Gasteiger partial charge in [-0.3, -0.25) is 14.2 Å². The molecular formula is C43H39ClF8N6O5S2. The van der Waals surface area contributed by atoms with Crippen molar-refractivity contribution in [3.8, 4) is 23.0 Å². The molecule has 3 aliphatic carbocycles. The number of carbonyl (C=O) groups is 1. The number of hydrogen-bond donors (Lipinski definition) is 1. The van der Waals surface area contributed by atoms with Crippen LogP contribution in [0.5, 0.6) is 0 Å². The third-order valence-electron chi connectivity index (χ3n) is 11.9. The van der Waals surface area contributed by atoms with E-state index in [2.05, 4.69) is 27.4 Å². The molecule has 0 radical (unpaired) electrons. The largest absolute Gasteiger partial charge is 0.346 e. The zero-order chi connectivity index (χ0) is 47.1. The number of amides is 1. The van der Waals surface area contributed by atoms with E-state index in [1.807, 2.05) is 0 Å². The Morgan fingerprint density at radius 1 is 0.969 bits per heavy atom. The zero-order valence-electron chi connectivity index (χ0n) is 34.7. The molecular weight excluding hydrogens is 932 g/mol. The van der Waals surface area contributed by atoms with Crippen LogP contribution in [0.4, 0.5) is 35.1 Å². The highest BCUT2D eigenvalue weighted by molar-refractivity contribution is 7.93. The lowest BCUT2D eigenvalue weighted by atomic mass is 9.93. The van der Waals surface area contributed by atoms with Crippen molar-refractivity contribution < 1.29 is 56.8 Å². The molecule has 0 bridgehead atoms. The Balaban J connectivity index is 1.32. The Morgan fingerprint density at radius 3 is 2.28 bits per heavy atom. The molecule has 3 aromatic heterocycles. The van der Waals surface area contributed by atoms with Gasteiger partial charge in [-0.15, -0.1) is 0 Å². The molecule has 3 atom stereocenters. The van der Waals surface area contributed by atoms with Gasteiger partial charge in [-0.25, -0.2) is 48.2 Å². The molecule has 0 unspecified atom stereocenters. The lowest BCUT2D eigenvalue weighted by molar-refractivity contribution is -0.123. The fourth-order valence-corrected chi connectivity index (χ4v) is 11.4. The number of pyridine rings is 1. The molecule has 22 heteroatoms. The monoisotopic (exact) mass is 970 g/mol. The van der Waals surface area contributed by atoms with Gasteiger partial charge >= 0.3 is 0 Å². The maximum atomic E-state index is 15.5. The molecule has 11 nitrogen and oxygen atoms in total. The number of fused-ring (bicyclic) bond motifs is 4. The summed E-state index contributed by atoms with van der Waals surface area (Å²) in [6.07, 6.45) is -5.87. The highest BCUT2D eigenvalue weighted by Gasteiger charge is 2.67. The number of alkyl halides is 6. The maximum Gasteiger partial charge on any atom is 0.293 e. The summed E-state index contributed by atoms with van der Waals surface area (Å²) in [5.74, 6) is -4.33. The normalized spacial score (nSPS) is 18.4. The number of carbonyl (C=O) groups excluding carboxylic acids is 1. The van der Waals surface area contributed by atoms with Crippen molar-refractivity contribution in [1.29, 1.82) is 0 Å². The summed E-state index contributed by atoms with van der Waals surface area (Å²) < 4.78 is 169. The summed E-state index contributed by atoms with van der Waals surface area (Å²) in [6, 6.07) is 6.43. The van der Waals surface area contributed by atoms with Gasteiger partial charge in [0.1, 0.15) is 46.6 Å². The summed E-state index contributed by atoms with van der Waals surface area (Å²) in [5, 5.41) is 9.92. The minimum absolute atomic E-state index is 0.0159. The van der Waals surface area contributed by atoms with Crippen LogP contribution in [0.3, 0.4) is 0 Å². The Bertz CT molecular complexity index is 3030. The Labute approximate surface area is 372 Å². The van der Waals surface area contributed by atoms with Crippen molar-refractivity contribution in [3.63, 3.8) is 0 Å². The molecule has 1 N–H and O–H groups in total. The second kappa shape index (κ2) is 16.7. The van der Waals surface area contributed by atoms with Crippen LogP contribution in [-0.2, 0) is 55.7 Å². The number of nitrogens with one attached hydrogen (secondary N) is 1. The van der Waals surface area contributed by atoms with Gasteiger partial charge in [0.15, 0.2) is 19.7 Å². The zero-order valence-corrected chi connectivity index (χ0v) is 37.0. The van der Waals surface area contributed by atoms with Crippen molar-refractivity contribution in [2.75, 3.05) is 5.75 Å². The number of halogens is 9. The van der Waals surface area contributed by atoms with E-state index < -0.39 is 121 Å². The topological polar surface area (TPSA) is 146 Å². The second-order valence-electron chi connectivity index (χ2n) is 16.9. The van der Waals surface area contributed by atoms with Gasteiger partial charge in [-0.05, 0) is 87.3 Å². The van der Waals surface area contributed by atoms with E-state index in [9.17, 15) is 48.0 Å². The summed E-state index contributed by atoms with van der Waals surface area (Å²) in [5.41, 5.74) is -2.57. The van der Waals surface area contributed by atoms with E-state index in [1.54, 1.807) is 0 Å². The number of benzene rings is 2. The van der Waals surface area contributed by atoms with Gasteiger partial charge in [0, 0.05) is 39.8 Å². The van der Waals surface area contributed by atoms with Crippen molar-refractivity contribution >= 4 is 48.1 Å². The smallest absolute Gasteiger partial charge is 0.293 e. The van der Waals surface area contributed by atoms with Crippen LogP contribution in [0, 0.1) is 29.4 Å². The fourth-order valence-electron chi connectivity index (χ4n) is 8.50. The van der Waals surface area contributed by atoms with Gasteiger partial charge in [0.2, 0.25) is 5.91 Å². The first-order valence-corrected chi connectivity index (χ1v) is 24.1. The third kappa shape index (κ3) is 8.85. The lowest BCUT2D eigenvalue weighted by Gasteiger charge is -2.23. The molecule has 2 fully saturated rings. The molecule has 346 valence electrons. The van der Waals surface area contributed by atoms with Gasteiger partial charge < -0.3 is 5.32 Å². The molecule has 0 aliphatic heterocycles. The first-order chi connectivity index (χ1) is 30.4. The molecule has 2 aromatic carbocycles. The van der Waals surface area contributed by atoms with E-state index in [4.69, 9.17) is 16.6 Å². The quantitative estimate of drug-likeness (QED) is 0.0814. The predicted molar refractivity (Wildman–Crippen MR) is 223 cm³/mol. The van der Waals surface area contributed by atoms with Crippen LogP contribution in [0.25, 0.3) is 22.0 Å². The molecule has 8 rings (SSSR count). The third-order valence-corrected chi connectivity index (χ3v) is 16.7. The van der Waals surface area contributed by atoms with Gasteiger partial charge in [0.05, 0.1) is 39.0 Å². The van der Waals surface area contributed by atoms with Gasteiger partial charge in [-0.1, -0.05) is 30.5 Å². The fraction of sp³-hybridized carbons (Fsp3) is 0.442. The lowest BCUT2D eigenvalue weighted by Crippen LogP contribution is -2.35. The summed E-state index contributed by atoms with van der Waals surface area (Å²) in [7, 11) is -7.57. The van der Waals surface area contributed by atoms with Gasteiger partial charge in [0.25, 0.3) is 18.8 Å². The van der Waals surface area contributed by atoms with Crippen LogP contribution in [0.2, 0.25) is 5.02 Å². The molecule has 0 spiro atoms. The number of aromatic nitrogens is 5. The van der Waals surface area contributed by atoms with E-state index >= 15 is 8.78 Å². The van der Waals surface area contributed by atoms with E-state index in [1.165, 1.54) is 45.0 Å². The van der Waals surface area contributed by atoms with E-state index in [-0.39, 0.29) is 67.4 Å². The summed E-state index contributed by atoms with van der Waals surface area (Å²) in [6.45, 7) is 2.14. The molecule has 5 aromatic rings. The number of sulfone groups is 2. The number of rotatable bonds is 15. The minimum atomic E-state index is -3.82. The van der Waals surface area contributed by atoms with E-state index in [0.29, 0.717) is 23.6 Å². The maximum absolute atomic E-state index is 15.5. The van der Waals surface area contributed by atoms with Crippen molar-refractivity contribution in [1.82, 2.24) is 29.9 Å². The average molecular weight is 971 g/mol. The van der Waals surface area contributed by atoms with Crippen molar-refractivity contribution in [2.45, 2.75) is 106 Å². The number of hydrogen-bond acceptors (Lipinski definition) is 8.